The third-order valence-corrected chi connectivity index (χ3v) is 5.15. The highest BCUT2D eigenvalue weighted by Crippen LogP contribution is 2.05. The lowest BCUT2D eigenvalue weighted by Gasteiger charge is -2.15. The van der Waals surface area contributed by atoms with Gasteiger partial charge in [0.25, 0.3) is 23.6 Å². The van der Waals surface area contributed by atoms with E-state index in [9.17, 15) is 28.8 Å². The highest BCUT2D eigenvalue weighted by Gasteiger charge is 2.19. The van der Waals surface area contributed by atoms with Crippen molar-refractivity contribution in [2.45, 2.75) is 12.1 Å². The summed E-state index contributed by atoms with van der Waals surface area (Å²) in [6.45, 7) is -0.481. The predicted octanol–water partition coefficient (Wildman–Crippen LogP) is -5.78. The lowest BCUT2D eigenvalue weighted by Crippen LogP contribution is -2.51. The lowest BCUT2D eigenvalue weighted by molar-refractivity contribution is -0.124. The van der Waals surface area contributed by atoms with E-state index in [1.165, 1.54) is 24.3 Å². The summed E-state index contributed by atoms with van der Waals surface area (Å²) in [6, 6.07) is 3.02. The molecule has 226 valence electrons. The first-order valence-corrected chi connectivity index (χ1v) is 12.1. The van der Waals surface area contributed by atoms with Crippen molar-refractivity contribution in [1.29, 1.82) is 0 Å². The second kappa shape index (κ2) is 15.1. The number of hydrogen-bond donors (Lipinski definition) is 12. The van der Waals surface area contributed by atoms with E-state index in [0.29, 0.717) is 0 Å². The molecule has 2 rings (SSSR count). The maximum atomic E-state index is 12.2. The third kappa shape index (κ3) is 10.1. The van der Waals surface area contributed by atoms with Gasteiger partial charge in [-0.25, -0.2) is 0 Å². The Hall–Kier alpha value is -5.76. The fourth-order valence-electron chi connectivity index (χ4n) is 3.07. The van der Waals surface area contributed by atoms with Crippen LogP contribution in [0.2, 0.25) is 0 Å². The van der Waals surface area contributed by atoms with Gasteiger partial charge in [0.05, 0.1) is 0 Å². The van der Waals surface area contributed by atoms with Crippen molar-refractivity contribution in [2.24, 2.45) is 44.4 Å². The Balaban J connectivity index is 1.67. The van der Waals surface area contributed by atoms with E-state index in [0.717, 1.165) is 0 Å². The zero-order chi connectivity index (χ0) is 31.4. The van der Waals surface area contributed by atoms with Gasteiger partial charge in [0.1, 0.15) is 34.9 Å². The largest absolute Gasteiger partial charge is 0.370 e. The van der Waals surface area contributed by atoms with Gasteiger partial charge in [-0.1, -0.05) is 0 Å². The van der Waals surface area contributed by atoms with E-state index in [2.05, 4.69) is 41.2 Å². The Bertz CT molecular complexity index is 1280. The van der Waals surface area contributed by atoms with E-state index in [4.69, 9.17) is 34.4 Å². The van der Waals surface area contributed by atoms with Crippen molar-refractivity contribution < 1.29 is 28.8 Å². The molecule has 0 fully saturated rings. The number of carbonyl (C=O) groups excluding carboxylic acids is 6. The quantitative estimate of drug-likeness (QED) is 0.0591. The molecule has 0 radical (unpaired) electrons. The summed E-state index contributed by atoms with van der Waals surface area (Å²) in [5.41, 5.74) is 32.1. The monoisotopic (exact) mass is 588 g/mol. The highest BCUT2D eigenvalue weighted by atomic mass is 16.2. The van der Waals surface area contributed by atoms with Crippen LogP contribution >= 0.6 is 0 Å². The molecule has 0 aliphatic heterocycles. The number of aliphatic imine (C=N–C) groups is 2. The summed E-state index contributed by atoms with van der Waals surface area (Å²) in [5.74, 6) is -4.90. The Morgan fingerprint density at radius 3 is 1.26 bits per heavy atom. The van der Waals surface area contributed by atoms with Crippen molar-refractivity contribution >= 4 is 47.4 Å². The number of nitrogens with two attached hydrogens (primary N) is 6. The number of guanidine groups is 2. The Morgan fingerprint density at radius 1 is 0.595 bits per heavy atom. The average molecular weight is 589 g/mol. The molecule has 0 saturated heterocycles. The SMILES string of the molecule is NC(N)=NC(=O)c1ccc(C(=O)NC[C@H](N)C(=O)NCCNC(=O)[C@@H](N)CNC(=O)c2ccc(C(=O)N=C(N)N)[nH]2)[nH]1. The number of nitrogens with one attached hydrogen (secondary N) is 6. The maximum absolute atomic E-state index is 12.2. The van der Waals surface area contributed by atoms with Crippen molar-refractivity contribution in [3.8, 4) is 0 Å². The normalized spacial score (nSPS) is 11.8. The fourth-order valence-corrected chi connectivity index (χ4v) is 3.07. The zero-order valence-corrected chi connectivity index (χ0v) is 22.1. The molecule has 18 N–H and O–H groups in total. The summed E-state index contributed by atoms with van der Waals surface area (Å²) in [5, 5.41) is 9.84. The molecule has 0 unspecified atom stereocenters. The van der Waals surface area contributed by atoms with Gasteiger partial charge in [0.15, 0.2) is 11.9 Å². The smallest absolute Gasteiger partial charge is 0.296 e. The van der Waals surface area contributed by atoms with Crippen LogP contribution in [0.3, 0.4) is 0 Å². The number of H-pyrrole nitrogens is 2. The summed E-state index contributed by atoms with van der Waals surface area (Å²) in [7, 11) is 0. The predicted molar refractivity (Wildman–Crippen MR) is 149 cm³/mol. The van der Waals surface area contributed by atoms with Crippen LogP contribution in [0.4, 0.5) is 0 Å². The number of rotatable bonds is 13. The van der Waals surface area contributed by atoms with Gasteiger partial charge < -0.3 is 65.6 Å². The highest BCUT2D eigenvalue weighted by molar-refractivity contribution is 6.03. The fraction of sp³-hybridized carbons (Fsp3) is 0.273. The molecule has 0 bridgehead atoms. The van der Waals surface area contributed by atoms with Crippen molar-refractivity contribution in [2.75, 3.05) is 26.2 Å². The molecule has 2 aromatic heterocycles. The maximum Gasteiger partial charge on any atom is 0.296 e. The number of aromatic amines is 2. The summed E-state index contributed by atoms with van der Waals surface area (Å²) < 4.78 is 0. The standard InChI is InChI=1S/C22H32N14O6/c23-9(7-31-17(39)11-1-3-13(33-11)19(41)35-21(25)26)15(37)29-5-6-30-16(38)10(24)8-32-18(40)12-2-4-14(34-12)20(42)36-22(27)28/h1-4,9-10,33-34H,5-8,23-24H2,(H,29,37)(H,30,38)(H,31,39)(H,32,40)(H4,25,26,35,41)(H4,27,28,36,42)/t9-,10-/m0/s1. The van der Waals surface area contributed by atoms with Crippen LogP contribution < -0.4 is 55.7 Å². The molecule has 20 nitrogen and oxygen atoms in total. The molecular weight excluding hydrogens is 556 g/mol. The number of aromatic nitrogens is 2. The van der Waals surface area contributed by atoms with Crippen LogP contribution in [0.5, 0.6) is 0 Å². The van der Waals surface area contributed by atoms with Gasteiger partial charge in [-0.15, -0.1) is 0 Å². The third-order valence-electron chi connectivity index (χ3n) is 5.15. The molecular formula is C22H32N14O6. The number of amides is 6. The first kappa shape index (κ1) is 32.5. The average Bonchev–Trinajstić information content (AvgIpc) is 3.62. The van der Waals surface area contributed by atoms with Crippen LogP contribution in [0.1, 0.15) is 42.0 Å². The molecule has 0 saturated carbocycles. The molecule has 6 amide bonds. The van der Waals surface area contributed by atoms with Crippen LogP contribution in [0, 0.1) is 0 Å². The molecule has 0 aliphatic carbocycles. The van der Waals surface area contributed by atoms with Crippen LogP contribution in [0.25, 0.3) is 0 Å². The van der Waals surface area contributed by atoms with Crippen molar-refractivity contribution in [3.05, 3.63) is 47.0 Å². The van der Waals surface area contributed by atoms with Gasteiger partial charge in [-0.2, -0.15) is 9.98 Å². The Kier molecular flexibility index (Phi) is 11.7. The van der Waals surface area contributed by atoms with Gasteiger partial charge in [-0.05, 0) is 24.3 Å². The molecule has 0 spiro atoms. The summed E-state index contributed by atoms with van der Waals surface area (Å²) in [6.07, 6.45) is 0. The first-order valence-electron chi connectivity index (χ1n) is 12.1. The molecule has 0 aromatic carbocycles. The van der Waals surface area contributed by atoms with Crippen molar-refractivity contribution in [3.63, 3.8) is 0 Å². The zero-order valence-electron chi connectivity index (χ0n) is 22.1. The first-order chi connectivity index (χ1) is 19.8. The van der Waals surface area contributed by atoms with Gasteiger partial charge in [-0.3, -0.25) is 28.8 Å². The van der Waals surface area contributed by atoms with E-state index in [1.54, 1.807) is 0 Å². The van der Waals surface area contributed by atoms with Crippen molar-refractivity contribution in [1.82, 2.24) is 31.2 Å². The van der Waals surface area contributed by atoms with Gasteiger partial charge in [0.2, 0.25) is 11.8 Å². The molecule has 0 aliphatic rings. The minimum atomic E-state index is -1.12. The molecule has 2 atom stereocenters. The minimum Gasteiger partial charge on any atom is -0.370 e. The number of carbonyl (C=O) groups is 6. The van der Waals surface area contributed by atoms with Crippen LogP contribution in [0.15, 0.2) is 34.3 Å². The van der Waals surface area contributed by atoms with E-state index < -0.39 is 59.4 Å². The molecule has 42 heavy (non-hydrogen) atoms. The summed E-state index contributed by atoms with van der Waals surface area (Å²) >= 11 is 0. The van der Waals surface area contributed by atoms with Crippen LogP contribution in [-0.4, -0.2) is 95.6 Å². The van der Waals surface area contributed by atoms with E-state index in [1.807, 2.05) is 0 Å². The number of nitrogens with zero attached hydrogens (tertiary/aromatic N) is 2. The Morgan fingerprint density at radius 2 is 0.929 bits per heavy atom. The van der Waals surface area contributed by atoms with Crippen LogP contribution in [-0.2, 0) is 9.59 Å². The second-order valence-corrected chi connectivity index (χ2v) is 8.47. The Labute approximate surface area is 237 Å². The second-order valence-electron chi connectivity index (χ2n) is 8.47. The minimum absolute atomic E-state index is 0.00668. The van der Waals surface area contributed by atoms with E-state index in [-0.39, 0.29) is 49.0 Å². The molecule has 2 aromatic rings. The number of hydrogen-bond acceptors (Lipinski definition) is 8. The molecule has 20 heteroatoms. The van der Waals surface area contributed by atoms with Gasteiger partial charge >= 0.3 is 0 Å². The lowest BCUT2D eigenvalue weighted by atomic mass is 10.2. The topological polar surface area (TPSA) is 363 Å². The summed E-state index contributed by atoms with van der Waals surface area (Å²) in [4.78, 5) is 84.1. The van der Waals surface area contributed by atoms with Gasteiger partial charge in [0, 0.05) is 26.2 Å². The molecule has 2 heterocycles. The van der Waals surface area contributed by atoms with E-state index >= 15 is 0 Å².